The molecular weight excluding hydrogens is 412 g/mol. The van der Waals surface area contributed by atoms with Crippen molar-refractivity contribution < 1.29 is 28.0 Å². The van der Waals surface area contributed by atoms with Crippen LogP contribution in [0.2, 0.25) is 0 Å². The van der Waals surface area contributed by atoms with Gasteiger partial charge in [-0.3, -0.25) is 34.3 Å². The molecule has 30 heavy (non-hydrogen) atoms. The number of nitrogens with zero attached hydrogens (tertiary/aromatic N) is 1. The van der Waals surface area contributed by atoms with Gasteiger partial charge in [-0.25, -0.2) is 0 Å². The monoisotopic (exact) mass is 434 g/mol. The normalized spacial score (nSPS) is 23.4. The Bertz CT molecular complexity index is 949. The molecular formula is C19H22N4O6S. The summed E-state index contributed by atoms with van der Waals surface area (Å²) in [5.74, 6) is -1.41. The Morgan fingerprint density at radius 3 is 2.27 bits per heavy atom. The lowest BCUT2D eigenvalue weighted by Gasteiger charge is -2.46. The van der Waals surface area contributed by atoms with Crippen LogP contribution in [0.15, 0.2) is 40.9 Å². The molecule has 1 aliphatic carbocycles. The highest BCUT2D eigenvalue weighted by molar-refractivity contribution is 8.25. The molecule has 5 N–H and O–H groups in total. The van der Waals surface area contributed by atoms with Gasteiger partial charge in [0, 0.05) is 23.6 Å². The lowest BCUT2D eigenvalue weighted by molar-refractivity contribution is -0.134. The van der Waals surface area contributed by atoms with Crippen LogP contribution in [-0.2, 0) is 9.59 Å². The zero-order chi connectivity index (χ0) is 21.3. The SMILES string of the molecule is O=C(NC1CC(C(=O)NNC(=O)C2CS(O)(O)C2)C1)c1cc(-c2ccccc2)on1. The van der Waals surface area contributed by atoms with Gasteiger partial charge in [0.2, 0.25) is 11.8 Å². The highest BCUT2D eigenvalue weighted by Crippen LogP contribution is 2.51. The molecule has 1 aromatic heterocycles. The molecule has 1 aliphatic heterocycles. The third-order valence-corrected chi connectivity index (χ3v) is 7.13. The summed E-state index contributed by atoms with van der Waals surface area (Å²) in [5, 5.41) is 6.61. The van der Waals surface area contributed by atoms with Crippen LogP contribution < -0.4 is 16.2 Å². The highest BCUT2D eigenvalue weighted by Gasteiger charge is 2.40. The number of aromatic nitrogens is 1. The fourth-order valence-corrected chi connectivity index (χ4v) is 4.90. The first-order valence-electron chi connectivity index (χ1n) is 9.47. The summed E-state index contributed by atoms with van der Waals surface area (Å²) in [4.78, 5) is 36.2. The van der Waals surface area contributed by atoms with Crippen LogP contribution in [0.3, 0.4) is 0 Å². The summed E-state index contributed by atoms with van der Waals surface area (Å²) in [7, 11) is -2.61. The van der Waals surface area contributed by atoms with Crippen LogP contribution in [0.25, 0.3) is 11.3 Å². The maximum Gasteiger partial charge on any atom is 0.273 e. The predicted octanol–water partition coefficient (Wildman–Crippen LogP) is 1.38. The number of hydrazine groups is 1. The minimum Gasteiger partial charge on any atom is -0.355 e. The van der Waals surface area contributed by atoms with Gasteiger partial charge < -0.3 is 9.84 Å². The Labute approximate surface area is 173 Å². The van der Waals surface area contributed by atoms with Crippen LogP contribution >= 0.6 is 10.6 Å². The lowest BCUT2D eigenvalue weighted by atomic mass is 9.79. The molecule has 160 valence electrons. The Morgan fingerprint density at radius 1 is 1.00 bits per heavy atom. The predicted molar refractivity (Wildman–Crippen MR) is 108 cm³/mol. The third-order valence-electron chi connectivity index (χ3n) is 5.26. The van der Waals surface area contributed by atoms with Gasteiger partial charge >= 0.3 is 0 Å². The molecule has 0 radical (unpaired) electrons. The first-order valence-corrected chi connectivity index (χ1v) is 11.4. The molecule has 0 bridgehead atoms. The van der Waals surface area contributed by atoms with Crippen LogP contribution in [0.1, 0.15) is 23.3 Å². The van der Waals surface area contributed by atoms with Crippen LogP contribution in [0, 0.1) is 11.8 Å². The van der Waals surface area contributed by atoms with Crippen molar-refractivity contribution in [2.24, 2.45) is 11.8 Å². The minimum atomic E-state index is -2.61. The summed E-state index contributed by atoms with van der Waals surface area (Å²) in [6.07, 6.45) is 0.890. The largest absolute Gasteiger partial charge is 0.355 e. The van der Waals surface area contributed by atoms with Crippen LogP contribution in [0.4, 0.5) is 0 Å². The average molecular weight is 434 g/mol. The van der Waals surface area contributed by atoms with Gasteiger partial charge in [0.05, 0.1) is 17.4 Å². The molecule has 1 aromatic carbocycles. The fraction of sp³-hybridized carbons (Fsp3) is 0.368. The van der Waals surface area contributed by atoms with Gasteiger partial charge in [0.1, 0.15) is 0 Å². The van der Waals surface area contributed by atoms with Gasteiger partial charge in [-0.1, -0.05) is 35.5 Å². The van der Waals surface area contributed by atoms with E-state index in [-0.39, 0.29) is 41.0 Å². The summed E-state index contributed by atoms with van der Waals surface area (Å²) in [6, 6.07) is 10.7. The average Bonchev–Trinajstić information content (AvgIpc) is 3.17. The summed E-state index contributed by atoms with van der Waals surface area (Å²) < 4.78 is 23.8. The van der Waals surface area contributed by atoms with E-state index in [1.54, 1.807) is 6.07 Å². The van der Waals surface area contributed by atoms with Crippen molar-refractivity contribution in [1.29, 1.82) is 0 Å². The van der Waals surface area contributed by atoms with Crippen molar-refractivity contribution in [2.45, 2.75) is 18.9 Å². The van der Waals surface area contributed by atoms with Crippen molar-refractivity contribution in [2.75, 3.05) is 11.5 Å². The summed E-state index contributed by atoms with van der Waals surface area (Å²) in [5.41, 5.74) is 5.65. The molecule has 1 saturated heterocycles. The first-order chi connectivity index (χ1) is 14.3. The van der Waals surface area contributed by atoms with E-state index in [2.05, 4.69) is 21.3 Å². The minimum absolute atomic E-state index is 0.0280. The summed E-state index contributed by atoms with van der Waals surface area (Å²) >= 11 is 0. The molecule has 2 fully saturated rings. The second-order valence-corrected chi connectivity index (χ2v) is 9.86. The van der Waals surface area contributed by atoms with E-state index < -0.39 is 22.4 Å². The zero-order valence-electron chi connectivity index (χ0n) is 15.9. The van der Waals surface area contributed by atoms with Gasteiger partial charge in [-0.2, -0.15) is 10.6 Å². The first kappa shape index (κ1) is 20.4. The smallest absolute Gasteiger partial charge is 0.273 e. The lowest BCUT2D eigenvalue weighted by Crippen LogP contribution is -2.55. The molecule has 1 saturated carbocycles. The van der Waals surface area contributed by atoms with Gasteiger partial charge in [0.15, 0.2) is 11.5 Å². The number of amides is 3. The second-order valence-electron chi connectivity index (χ2n) is 7.59. The van der Waals surface area contributed by atoms with E-state index in [1.807, 2.05) is 30.3 Å². The molecule has 2 heterocycles. The Balaban J connectivity index is 1.19. The standard InChI is InChI=1S/C19H22N4O6S/c24-17(21-22-18(25)13-9-30(27,28)10-13)12-6-14(7-12)20-19(26)15-8-16(29-23-15)11-4-2-1-3-5-11/h1-5,8,12-14,27-28H,6-7,9-10H2,(H,20,26)(H,21,24)(H,22,25). The molecule has 0 spiro atoms. The molecule has 2 aliphatic rings. The third kappa shape index (κ3) is 4.48. The van der Waals surface area contributed by atoms with E-state index >= 15 is 0 Å². The Hall–Kier alpha value is -2.89. The number of rotatable bonds is 5. The molecule has 0 unspecified atom stereocenters. The number of hydrogen-bond acceptors (Lipinski definition) is 7. The number of benzene rings is 1. The van der Waals surface area contributed by atoms with Crippen molar-refractivity contribution in [3.8, 4) is 11.3 Å². The van der Waals surface area contributed by atoms with E-state index in [0.717, 1.165) is 5.56 Å². The number of carbonyl (C=O) groups excluding carboxylic acids is 3. The highest BCUT2D eigenvalue weighted by atomic mass is 32.3. The van der Waals surface area contributed by atoms with Crippen molar-refractivity contribution in [3.63, 3.8) is 0 Å². The van der Waals surface area contributed by atoms with Crippen LogP contribution in [0.5, 0.6) is 0 Å². The maximum absolute atomic E-state index is 12.3. The Morgan fingerprint density at radius 2 is 1.63 bits per heavy atom. The van der Waals surface area contributed by atoms with E-state index in [1.165, 1.54) is 0 Å². The van der Waals surface area contributed by atoms with E-state index in [9.17, 15) is 23.5 Å². The van der Waals surface area contributed by atoms with E-state index in [0.29, 0.717) is 18.6 Å². The number of nitrogens with one attached hydrogen (secondary N) is 3. The quantitative estimate of drug-likeness (QED) is 0.445. The summed E-state index contributed by atoms with van der Waals surface area (Å²) in [6.45, 7) is 0. The zero-order valence-corrected chi connectivity index (χ0v) is 16.7. The van der Waals surface area contributed by atoms with Crippen molar-refractivity contribution in [3.05, 3.63) is 42.1 Å². The maximum atomic E-state index is 12.3. The molecule has 2 aromatic rings. The second kappa shape index (κ2) is 8.09. The van der Waals surface area contributed by atoms with Gasteiger partial charge in [0.25, 0.3) is 5.91 Å². The number of carbonyl (C=O) groups is 3. The fourth-order valence-electron chi connectivity index (χ4n) is 3.40. The van der Waals surface area contributed by atoms with Gasteiger partial charge in [-0.05, 0) is 12.8 Å². The molecule has 4 rings (SSSR count). The molecule has 0 atom stereocenters. The molecule has 10 nitrogen and oxygen atoms in total. The van der Waals surface area contributed by atoms with Crippen LogP contribution in [-0.4, -0.2) is 49.5 Å². The Kier molecular flexibility index (Phi) is 5.50. The topological polar surface area (TPSA) is 154 Å². The number of hydrogen-bond donors (Lipinski definition) is 5. The van der Waals surface area contributed by atoms with Crippen molar-refractivity contribution in [1.82, 2.24) is 21.3 Å². The van der Waals surface area contributed by atoms with Gasteiger partial charge in [-0.15, -0.1) is 0 Å². The molecule has 3 amide bonds. The van der Waals surface area contributed by atoms with E-state index in [4.69, 9.17) is 4.52 Å². The molecule has 11 heteroatoms. The van der Waals surface area contributed by atoms with Crippen molar-refractivity contribution >= 4 is 28.3 Å².